The number of hydrogen-bond donors (Lipinski definition) is 2. The van der Waals surface area contributed by atoms with Gasteiger partial charge in [-0.3, -0.25) is 15.0 Å². The summed E-state index contributed by atoms with van der Waals surface area (Å²) in [4.78, 5) is 48.7. The summed E-state index contributed by atoms with van der Waals surface area (Å²) in [6.07, 6.45) is 5.94. The summed E-state index contributed by atoms with van der Waals surface area (Å²) in [5.74, 6) is 3.30. The molecule has 3 aliphatic rings. The van der Waals surface area contributed by atoms with Crippen molar-refractivity contribution < 1.29 is 23.9 Å². The smallest absolute Gasteiger partial charge is 0.328 e. The summed E-state index contributed by atoms with van der Waals surface area (Å²) in [7, 11) is 0. The molecule has 2 N–H and O–H groups in total. The van der Waals surface area contributed by atoms with Crippen LogP contribution in [-0.4, -0.2) is 79.2 Å². The van der Waals surface area contributed by atoms with Crippen molar-refractivity contribution in [2.75, 3.05) is 61.6 Å². The predicted octanol–water partition coefficient (Wildman–Crippen LogP) is 2.53. The second-order valence-electron chi connectivity index (χ2n) is 10.0. The van der Waals surface area contributed by atoms with Crippen LogP contribution in [0.5, 0.6) is 0 Å². The highest BCUT2D eigenvalue weighted by Gasteiger charge is 2.27. The number of anilines is 3. The number of pyridine rings is 2. The molecule has 0 unspecified atom stereocenters. The minimum absolute atomic E-state index is 0.182. The second kappa shape index (κ2) is 12.7. The second-order valence-corrected chi connectivity index (χ2v) is 10.0. The lowest BCUT2D eigenvalue weighted by Crippen LogP contribution is -2.40. The number of rotatable bonds is 10. The van der Waals surface area contributed by atoms with E-state index < -0.39 is 6.03 Å². The van der Waals surface area contributed by atoms with Crippen molar-refractivity contribution in [3.05, 3.63) is 46.4 Å². The molecule has 2 aromatic rings. The number of carbonyl (C=O) groups is 2. The first-order chi connectivity index (χ1) is 19.6. The van der Waals surface area contributed by atoms with Crippen molar-refractivity contribution in [2.24, 2.45) is 5.92 Å². The first kappa shape index (κ1) is 27.3. The maximum atomic E-state index is 13.3. The van der Waals surface area contributed by atoms with Crippen molar-refractivity contribution >= 4 is 35.6 Å². The number of nitriles is 1. The van der Waals surface area contributed by atoms with Crippen LogP contribution >= 0.6 is 0 Å². The van der Waals surface area contributed by atoms with E-state index in [2.05, 4.69) is 26.7 Å². The fourth-order valence-corrected chi connectivity index (χ4v) is 4.76. The van der Waals surface area contributed by atoms with Crippen LogP contribution < -0.4 is 15.5 Å². The fourth-order valence-electron chi connectivity index (χ4n) is 4.76. The third-order valence-corrected chi connectivity index (χ3v) is 7.11. The first-order valence-electron chi connectivity index (χ1n) is 13.4. The molecule has 0 atom stereocenters. The Morgan fingerprint density at radius 2 is 2.17 bits per heavy atom. The number of fused-ring (bicyclic) bond motifs is 1. The van der Waals surface area contributed by atoms with Crippen LogP contribution in [0.3, 0.4) is 0 Å². The van der Waals surface area contributed by atoms with E-state index in [0.29, 0.717) is 92.8 Å². The van der Waals surface area contributed by atoms with Gasteiger partial charge in [0.2, 0.25) is 0 Å². The van der Waals surface area contributed by atoms with Crippen molar-refractivity contribution in [3.8, 4) is 6.07 Å². The molecule has 0 spiro atoms. The predicted molar refractivity (Wildman–Crippen MR) is 146 cm³/mol. The summed E-state index contributed by atoms with van der Waals surface area (Å²) in [5, 5.41) is 15.5. The zero-order valence-corrected chi connectivity index (χ0v) is 22.1. The largest absolute Gasteiger partial charge is 0.382 e. The number of carbonyl (C=O) groups excluding carboxylic acids is 3. The van der Waals surface area contributed by atoms with Gasteiger partial charge in [0, 0.05) is 50.6 Å². The average Bonchev–Trinajstić information content (AvgIpc) is 3.81. The van der Waals surface area contributed by atoms with E-state index in [1.165, 1.54) is 23.9 Å². The standard InChI is InChI=1S/C28H31N7O5/c29-12-22-13-31-26(11-24(22)30-5-8-39-17-19-3-4-19)33-28(38)35-6-1-2-20-10-21(25(16-37)32-27(20)35)14-34-7-9-40-18-23(34)15-36/h10-11,13,16,19H,1-9,14,17-18H2,(H2,30,31,33,38). The lowest BCUT2D eigenvalue weighted by atomic mass is 10.0. The van der Waals surface area contributed by atoms with Crippen molar-refractivity contribution in [1.82, 2.24) is 14.9 Å². The van der Waals surface area contributed by atoms with Gasteiger partial charge in [-0.2, -0.15) is 5.26 Å². The zero-order valence-electron chi connectivity index (χ0n) is 22.1. The van der Waals surface area contributed by atoms with Gasteiger partial charge >= 0.3 is 6.03 Å². The number of aldehydes is 1. The number of urea groups is 1. The zero-order chi connectivity index (χ0) is 27.9. The molecule has 12 nitrogen and oxygen atoms in total. The Kier molecular flexibility index (Phi) is 8.66. The lowest BCUT2D eigenvalue weighted by Gasteiger charge is -2.31. The maximum absolute atomic E-state index is 13.3. The van der Waals surface area contributed by atoms with Crippen LogP contribution in [0, 0.1) is 17.2 Å². The van der Waals surface area contributed by atoms with Gasteiger partial charge < -0.3 is 19.7 Å². The number of nitrogens with zero attached hydrogens (tertiary/aromatic N) is 5. The van der Waals surface area contributed by atoms with Gasteiger partial charge in [0.1, 0.15) is 35.0 Å². The summed E-state index contributed by atoms with van der Waals surface area (Å²) in [6, 6.07) is 5.18. The SMILES string of the molecule is N#Cc1cnc(NC(=O)N2CCCc3cc(CN4CCOCC4=C=O)c(C=O)nc32)cc1NCCOCC1CC1. The van der Waals surface area contributed by atoms with Crippen LogP contribution in [0.4, 0.5) is 22.1 Å². The van der Waals surface area contributed by atoms with Crippen LogP contribution in [0.15, 0.2) is 24.0 Å². The first-order valence-corrected chi connectivity index (χ1v) is 13.4. The molecule has 208 valence electrons. The highest BCUT2D eigenvalue weighted by Crippen LogP contribution is 2.30. The molecule has 1 saturated heterocycles. The van der Waals surface area contributed by atoms with Crippen LogP contribution in [0.25, 0.3) is 0 Å². The Morgan fingerprint density at radius 1 is 1.30 bits per heavy atom. The van der Waals surface area contributed by atoms with Crippen LogP contribution in [0.1, 0.15) is 46.4 Å². The molecule has 0 radical (unpaired) electrons. The van der Waals surface area contributed by atoms with Crippen LogP contribution in [-0.2, 0) is 27.2 Å². The Balaban J connectivity index is 1.28. The molecule has 0 bridgehead atoms. The molecule has 1 aliphatic carbocycles. The van der Waals surface area contributed by atoms with Gasteiger partial charge in [-0.15, -0.1) is 0 Å². The fraction of sp³-hybridized carbons (Fsp3) is 0.464. The van der Waals surface area contributed by atoms with E-state index in [1.54, 1.807) is 6.07 Å². The van der Waals surface area contributed by atoms with Crippen molar-refractivity contribution in [1.29, 1.82) is 5.26 Å². The van der Waals surface area contributed by atoms with Crippen molar-refractivity contribution in [2.45, 2.75) is 32.2 Å². The molecule has 5 rings (SSSR count). The summed E-state index contributed by atoms with van der Waals surface area (Å²) >= 11 is 0. The average molecular weight is 546 g/mol. The Bertz CT molecular complexity index is 1360. The summed E-state index contributed by atoms with van der Waals surface area (Å²) < 4.78 is 11.0. The van der Waals surface area contributed by atoms with E-state index >= 15 is 0 Å². The van der Waals surface area contributed by atoms with Gasteiger partial charge in [-0.1, -0.05) is 0 Å². The summed E-state index contributed by atoms with van der Waals surface area (Å²) in [5.41, 5.74) is 3.05. The topological polar surface area (TPSA) is 150 Å². The molecule has 40 heavy (non-hydrogen) atoms. The molecule has 12 heteroatoms. The Hall–Kier alpha value is -4.30. The van der Waals surface area contributed by atoms with E-state index in [-0.39, 0.29) is 18.1 Å². The van der Waals surface area contributed by atoms with E-state index in [0.717, 1.165) is 12.2 Å². The molecular formula is C28H31N7O5. The third-order valence-electron chi connectivity index (χ3n) is 7.11. The Labute approximate surface area is 232 Å². The van der Waals surface area contributed by atoms with Gasteiger partial charge in [-0.25, -0.2) is 19.6 Å². The molecule has 1 saturated carbocycles. The van der Waals surface area contributed by atoms with Crippen molar-refractivity contribution in [3.63, 3.8) is 0 Å². The number of amides is 2. The van der Waals surface area contributed by atoms with E-state index in [1.807, 2.05) is 16.9 Å². The minimum Gasteiger partial charge on any atom is -0.382 e. The monoisotopic (exact) mass is 545 g/mol. The van der Waals surface area contributed by atoms with Gasteiger partial charge in [0.15, 0.2) is 6.29 Å². The highest BCUT2D eigenvalue weighted by molar-refractivity contribution is 6.01. The molecule has 2 aliphatic heterocycles. The molecule has 0 aromatic carbocycles. The molecule has 2 aromatic heterocycles. The highest BCUT2D eigenvalue weighted by atomic mass is 16.5. The van der Waals surface area contributed by atoms with E-state index in [4.69, 9.17) is 9.47 Å². The number of aromatic nitrogens is 2. The Morgan fingerprint density at radius 3 is 2.95 bits per heavy atom. The maximum Gasteiger partial charge on any atom is 0.328 e. The lowest BCUT2D eigenvalue weighted by molar-refractivity contribution is 0.0718. The number of hydrogen-bond acceptors (Lipinski definition) is 10. The van der Waals surface area contributed by atoms with Gasteiger partial charge in [0.25, 0.3) is 0 Å². The molecule has 4 heterocycles. The quantitative estimate of drug-likeness (QED) is 0.259. The normalized spacial score (nSPS) is 16.5. The van der Waals surface area contributed by atoms with E-state index in [9.17, 15) is 19.6 Å². The molecule has 2 fully saturated rings. The number of ether oxygens (including phenoxy) is 2. The summed E-state index contributed by atoms with van der Waals surface area (Å²) in [6.45, 7) is 3.71. The molecule has 2 amide bonds. The number of morpholine rings is 1. The molecular weight excluding hydrogens is 514 g/mol. The number of aryl methyl sites for hydroxylation is 1. The van der Waals surface area contributed by atoms with Crippen LogP contribution in [0.2, 0.25) is 0 Å². The number of nitrogens with one attached hydrogen (secondary N) is 2. The minimum atomic E-state index is -0.437. The van der Waals surface area contributed by atoms with Gasteiger partial charge in [0.05, 0.1) is 31.1 Å². The van der Waals surface area contributed by atoms with Gasteiger partial charge in [-0.05, 0) is 43.2 Å². The third kappa shape index (κ3) is 6.46.